The molecule has 18 heavy (non-hydrogen) atoms. The lowest BCUT2D eigenvalue weighted by Gasteiger charge is -1.94. The molecule has 0 bridgehead atoms. The van der Waals surface area contributed by atoms with Gasteiger partial charge >= 0.3 is 0 Å². The monoisotopic (exact) mass is 271 g/mol. The largest absolute Gasteiger partial charge is 0.245 e. The summed E-state index contributed by atoms with van der Waals surface area (Å²) in [7, 11) is 0. The molecule has 3 nitrogen and oxygen atoms in total. The second-order valence-electron chi connectivity index (χ2n) is 3.68. The minimum absolute atomic E-state index is 0.418. The van der Waals surface area contributed by atoms with Crippen molar-refractivity contribution in [1.29, 1.82) is 5.26 Å². The Bertz CT molecular complexity index is 756. The van der Waals surface area contributed by atoms with E-state index in [1.165, 1.54) is 0 Å². The maximum absolute atomic E-state index is 8.71. The van der Waals surface area contributed by atoms with E-state index < -0.39 is 0 Å². The smallest absolute Gasteiger partial charge is 0.140 e. The molecule has 0 aliphatic heterocycles. The molecule has 0 aliphatic rings. The van der Waals surface area contributed by atoms with Crippen LogP contribution in [-0.4, -0.2) is 9.97 Å². The molecule has 5 heteroatoms. The Morgan fingerprint density at radius 3 is 2.83 bits per heavy atom. The van der Waals surface area contributed by atoms with Crippen molar-refractivity contribution in [2.75, 3.05) is 0 Å². The van der Waals surface area contributed by atoms with Gasteiger partial charge in [0, 0.05) is 22.0 Å². The Kier molecular flexibility index (Phi) is 2.71. The number of rotatable bonds is 1. The predicted octanol–water partition coefficient (Wildman–Crippen LogP) is 3.88. The molecule has 86 valence electrons. The molecule has 0 aliphatic carbocycles. The summed E-state index contributed by atoms with van der Waals surface area (Å²) in [5.74, 6) is 0. The van der Waals surface area contributed by atoms with Crippen molar-refractivity contribution in [2.24, 2.45) is 0 Å². The van der Waals surface area contributed by atoms with E-state index in [1.54, 1.807) is 29.7 Å². The Morgan fingerprint density at radius 2 is 2.11 bits per heavy atom. The first kappa shape index (κ1) is 11.1. The van der Waals surface area contributed by atoms with Crippen molar-refractivity contribution in [1.82, 2.24) is 9.97 Å². The summed E-state index contributed by atoms with van der Waals surface area (Å²) in [6, 6.07) is 11.4. The van der Waals surface area contributed by atoms with Gasteiger partial charge in [0.1, 0.15) is 21.7 Å². The van der Waals surface area contributed by atoms with Gasteiger partial charge in [-0.2, -0.15) is 5.26 Å². The summed E-state index contributed by atoms with van der Waals surface area (Å²) in [6.07, 6.45) is 1.70. The lowest BCUT2D eigenvalue weighted by Crippen LogP contribution is -1.81. The highest BCUT2D eigenvalue weighted by Gasteiger charge is 2.06. The molecule has 0 aromatic carbocycles. The van der Waals surface area contributed by atoms with Gasteiger partial charge < -0.3 is 0 Å². The SMILES string of the molecule is N#Cc1ccc(-c2cc3ccc(Cl)nc3s2)cn1. The first-order chi connectivity index (χ1) is 8.76. The highest BCUT2D eigenvalue weighted by Crippen LogP contribution is 2.32. The second-order valence-corrected chi connectivity index (χ2v) is 5.10. The first-order valence-corrected chi connectivity index (χ1v) is 6.38. The Hall–Kier alpha value is -1.96. The van der Waals surface area contributed by atoms with Crippen molar-refractivity contribution >= 4 is 33.2 Å². The number of aromatic nitrogens is 2. The van der Waals surface area contributed by atoms with Crippen LogP contribution in [-0.2, 0) is 0 Å². The minimum atomic E-state index is 0.418. The average molecular weight is 272 g/mol. The summed E-state index contributed by atoms with van der Waals surface area (Å²) < 4.78 is 0. The number of halogens is 1. The molecule has 0 fully saturated rings. The topological polar surface area (TPSA) is 49.6 Å². The summed E-state index contributed by atoms with van der Waals surface area (Å²) in [5.41, 5.74) is 1.40. The van der Waals surface area contributed by atoms with Crippen molar-refractivity contribution in [3.05, 3.63) is 47.4 Å². The number of pyridine rings is 2. The number of thiophene rings is 1. The van der Waals surface area contributed by atoms with Crippen LogP contribution in [0.3, 0.4) is 0 Å². The van der Waals surface area contributed by atoms with E-state index in [1.807, 2.05) is 24.3 Å². The van der Waals surface area contributed by atoms with Gasteiger partial charge in [0.05, 0.1) is 0 Å². The van der Waals surface area contributed by atoms with E-state index in [9.17, 15) is 0 Å². The Labute approximate surface area is 112 Å². The fourth-order valence-electron chi connectivity index (χ4n) is 1.64. The molecule has 0 radical (unpaired) electrons. The zero-order chi connectivity index (χ0) is 12.5. The van der Waals surface area contributed by atoms with Crippen molar-refractivity contribution in [2.45, 2.75) is 0 Å². The second kappa shape index (κ2) is 4.37. The normalized spacial score (nSPS) is 10.4. The van der Waals surface area contributed by atoms with E-state index >= 15 is 0 Å². The van der Waals surface area contributed by atoms with Crippen LogP contribution in [0.15, 0.2) is 36.5 Å². The standard InChI is InChI=1S/C13H6ClN3S/c14-12-4-2-8-5-11(18-13(8)17-12)9-1-3-10(6-15)16-7-9/h1-5,7H. The molecular weight excluding hydrogens is 266 g/mol. The van der Waals surface area contributed by atoms with Crippen LogP contribution >= 0.6 is 22.9 Å². The van der Waals surface area contributed by atoms with Gasteiger partial charge in [0.2, 0.25) is 0 Å². The quantitative estimate of drug-likeness (QED) is 0.631. The van der Waals surface area contributed by atoms with E-state index in [0.29, 0.717) is 10.8 Å². The third-order valence-corrected chi connectivity index (χ3v) is 3.82. The van der Waals surface area contributed by atoms with Gasteiger partial charge in [-0.25, -0.2) is 9.97 Å². The molecule has 0 atom stereocenters. The van der Waals surface area contributed by atoms with Crippen LogP contribution in [0.2, 0.25) is 5.15 Å². The highest BCUT2D eigenvalue weighted by atomic mass is 35.5. The molecule has 3 heterocycles. The van der Waals surface area contributed by atoms with Gasteiger partial charge in [-0.3, -0.25) is 0 Å². The maximum Gasteiger partial charge on any atom is 0.140 e. The van der Waals surface area contributed by atoms with Crippen LogP contribution in [0.5, 0.6) is 0 Å². The molecule has 0 saturated heterocycles. The molecule has 3 aromatic heterocycles. The molecule has 0 saturated carbocycles. The van der Waals surface area contributed by atoms with Crippen LogP contribution in [0.25, 0.3) is 20.7 Å². The molecule has 3 rings (SSSR count). The first-order valence-electron chi connectivity index (χ1n) is 5.19. The molecule has 0 N–H and O–H groups in total. The van der Waals surface area contributed by atoms with Crippen LogP contribution in [0.4, 0.5) is 0 Å². The van der Waals surface area contributed by atoms with Gasteiger partial charge in [0.15, 0.2) is 0 Å². The molecule has 3 aromatic rings. The maximum atomic E-state index is 8.71. The van der Waals surface area contributed by atoms with Gasteiger partial charge in [-0.1, -0.05) is 11.6 Å². The fourth-order valence-corrected chi connectivity index (χ4v) is 2.86. The predicted molar refractivity (Wildman–Crippen MR) is 72.6 cm³/mol. The summed E-state index contributed by atoms with van der Waals surface area (Å²) >= 11 is 7.42. The van der Waals surface area contributed by atoms with Gasteiger partial charge in [-0.15, -0.1) is 11.3 Å². The highest BCUT2D eigenvalue weighted by molar-refractivity contribution is 7.21. The lowest BCUT2D eigenvalue weighted by molar-refractivity contribution is 1.27. The van der Waals surface area contributed by atoms with Crippen molar-refractivity contribution < 1.29 is 0 Å². The third kappa shape index (κ3) is 1.94. The number of nitriles is 1. The van der Waals surface area contributed by atoms with E-state index in [2.05, 4.69) is 9.97 Å². The summed E-state index contributed by atoms with van der Waals surface area (Å²) in [4.78, 5) is 10.3. The minimum Gasteiger partial charge on any atom is -0.245 e. The Morgan fingerprint density at radius 1 is 1.22 bits per heavy atom. The number of nitrogens with zero attached hydrogens (tertiary/aromatic N) is 3. The zero-order valence-electron chi connectivity index (χ0n) is 9.09. The third-order valence-electron chi connectivity index (χ3n) is 2.51. The van der Waals surface area contributed by atoms with Gasteiger partial charge in [0.25, 0.3) is 0 Å². The van der Waals surface area contributed by atoms with Crippen LogP contribution < -0.4 is 0 Å². The number of fused-ring (bicyclic) bond motifs is 1. The number of hydrogen-bond donors (Lipinski definition) is 0. The van der Waals surface area contributed by atoms with Crippen molar-refractivity contribution in [3.8, 4) is 16.5 Å². The zero-order valence-corrected chi connectivity index (χ0v) is 10.7. The van der Waals surface area contributed by atoms with E-state index in [0.717, 1.165) is 20.7 Å². The number of hydrogen-bond acceptors (Lipinski definition) is 4. The molecule has 0 spiro atoms. The molecular formula is C13H6ClN3S. The lowest BCUT2D eigenvalue weighted by atomic mass is 10.2. The van der Waals surface area contributed by atoms with Crippen LogP contribution in [0, 0.1) is 11.3 Å². The average Bonchev–Trinajstić information content (AvgIpc) is 2.81. The fraction of sp³-hybridized carbons (Fsp3) is 0. The van der Waals surface area contributed by atoms with E-state index in [4.69, 9.17) is 16.9 Å². The molecule has 0 unspecified atom stereocenters. The summed E-state index contributed by atoms with van der Waals surface area (Å²) in [5, 5.41) is 10.3. The van der Waals surface area contributed by atoms with Crippen LogP contribution in [0.1, 0.15) is 5.69 Å². The van der Waals surface area contributed by atoms with Gasteiger partial charge in [-0.05, 0) is 30.3 Å². The van der Waals surface area contributed by atoms with E-state index in [-0.39, 0.29) is 0 Å². The molecule has 0 amide bonds. The van der Waals surface area contributed by atoms with Crippen molar-refractivity contribution in [3.63, 3.8) is 0 Å². The summed E-state index contributed by atoms with van der Waals surface area (Å²) in [6.45, 7) is 0. The Balaban J connectivity index is 2.10.